The van der Waals surface area contributed by atoms with Crippen molar-refractivity contribution in [3.8, 4) is 11.1 Å². The molecule has 0 saturated carbocycles. The number of fused-ring (bicyclic) bond motifs is 4. The largest absolute Gasteiger partial charge is 0.480 e. The Morgan fingerprint density at radius 1 is 0.882 bits per heavy atom. The number of halogens is 1. The van der Waals surface area contributed by atoms with E-state index in [1.165, 1.54) is 0 Å². The second-order valence-electron chi connectivity index (χ2n) is 8.39. The van der Waals surface area contributed by atoms with Crippen LogP contribution in [0.2, 0.25) is 0 Å². The molecule has 170 valence electrons. The lowest BCUT2D eigenvalue weighted by atomic mass is 9.98. The van der Waals surface area contributed by atoms with Gasteiger partial charge in [0.2, 0.25) is 0 Å². The summed E-state index contributed by atoms with van der Waals surface area (Å²) in [6.45, 7) is 0.136. The first-order valence-electron chi connectivity index (χ1n) is 11.0. The molecule has 4 aromatic carbocycles. The molecule has 0 saturated heterocycles. The molecule has 6 heteroatoms. The van der Waals surface area contributed by atoms with Crippen molar-refractivity contribution < 1.29 is 19.4 Å². The van der Waals surface area contributed by atoms with Crippen molar-refractivity contribution >= 4 is 38.8 Å². The zero-order chi connectivity index (χ0) is 23.7. The molecular weight excluding hydrogens is 494 g/mol. The minimum absolute atomic E-state index is 0.0822. The highest BCUT2D eigenvalue weighted by Crippen LogP contribution is 2.44. The molecule has 34 heavy (non-hydrogen) atoms. The van der Waals surface area contributed by atoms with Crippen molar-refractivity contribution in [3.05, 3.63) is 106 Å². The van der Waals surface area contributed by atoms with Gasteiger partial charge in [0, 0.05) is 16.8 Å². The van der Waals surface area contributed by atoms with Gasteiger partial charge >= 0.3 is 12.1 Å². The Kier molecular flexibility index (Phi) is 6.07. The fourth-order valence-electron chi connectivity index (χ4n) is 4.61. The molecule has 5 rings (SSSR count). The number of ether oxygens (including phenoxy) is 1. The van der Waals surface area contributed by atoms with Gasteiger partial charge in [-0.3, -0.25) is 0 Å². The van der Waals surface area contributed by atoms with Crippen molar-refractivity contribution in [2.75, 3.05) is 6.61 Å². The molecule has 4 aromatic rings. The Hall–Kier alpha value is -3.64. The molecule has 1 aliphatic rings. The lowest BCUT2D eigenvalue weighted by Crippen LogP contribution is -2.42. The van der Waals surface area contributed by atoms with E-state index in [9.17, 15) is 14.7 Å². The summed E-state index contributed by atoms with van der Waals surface area (Å²) in [5, 5.41) is 14.3. The van der Waals surface area contributed by atoms with Crippen LogP contribution >= 0.6 is 15.9 Å². The van der Waals surface area contributed by atoms with Gasteiger partial charge in [0.05, 0.1) is 0 Å². The van der Waals surface area contributed by atoms with Gasteiger partial charge in [-0.05, 0) is 50.7 Å². The monoisotopic (exact) mass is 515 g/mol. The van der Waals surface area contributed by atoms with E-state index in [-0.39, 0.29) is 18.9 Å². The first-order chi connectivity index (χ1) is 16.5. The lowest BCUT2D eigenvalue weighted by molar-refractivity contribution is -0.139. The Bertz CT molecular complexity index is 1350. The number of carbonyl (C=O) groups excluding carboxylic acids is 1. The van der Waals surface area contributed by atoms with E-state index in [0.717, 1.165) is 43.1 Å². The highest BCUT2D eigenvalue weighted by molar-refractivity contribution is 9.10. The fourth-order valence-corrected chi connectivity index (χ4v) is 4.99. The van der Waals surface area contributed by atoms with Crippen LogP contribution in [0, 0.1) is 0 Å². The van der Waals surface area contributed by atoms with Crippen LogP contribution < -0.4 is 5.32 Å². The molecule has 0 radical (unpaired) electrons. The molecule has 0 aromatic heterocycles. The topological polar surface area (TPSA) is 75.6 Å². The van der Waals surface area contributed by atoms with Crippen LogP contribution in [-0.2, 0) is 16.0 Å². The third kappa shape index (κ3) is 4.41. The summed E-state index contributed by atoms with van der Waals surface area (Å²) < 4.78 is 6.50. The molecule has 0 heterocycles. The molecule has 0 bridgehead atoms. The summed E-state index contributed by atoms with van der Waals surface area (Å²) in [6.07, 6.45) is -0.579. The first kappa shape index (κ1) is 22.2. The number of alkyl carbamates (subject to hydrolysis) is 1. The first-order valence-corrected chi connectivity index (χ1v) is 11.8. The van der Waals surface area contributed by atoms with Gasteiger partial charge < -0.3 is 15.2 Å². The average Bonchev–Trinajstić information content (AvgIpc) is 3.16. The van der Waals surface area contributed by atoms with Gasteiger partial charge in [-0.2, -0.15) is 0 Å². The van der Waals surface area contributed by atoms with Crippen LogP contribution in [0.5, 0.6) is 0 Å². The maximum atomic E-state index is 12.6. The standard InChI is InChI=1S/C28H22BrNO4/c29-20-12-11-18-13-17(9-10-19(18)15-20)14-26(27(31)32)30-28(33)34-16-25-23-7-3-1-5-21(23)22-6-2-4-8-24(22)25/h1-13,15,25-26H,14,16H2,(H,30,33)(H,31,32). The van der Waals surface area contributed by atoms with E-state index in [2.05, 4.69) is 33.4 Å². The van der Waals surface area contributed by atoms with E-state index >= 15 is 0 Å². The highest BCUT2D eigenvalue weighted by Gasteiger charge is 2.29. The average molecular weight is 516 g/mol. The molecule has 2 N–H and O–H groups in total. The van der Waals surface area contributed by atoms with Crippen LogP contribution in [0.25, 0.3) is 21.9 Å². The molecular formula is C28H22BrNO4. The molecule has 0 spiro atoms. The molecule has 5 nitrogen and oxygen atoms in total. The van der Waals surface area contributed by atoms with Crippen molar-refractivity contribution in [1.29, 1.82) is 0 Å². The smallest absolute Gasteiger partial charge is 0.407 e. The second kappa shape index (κ2) is 9.31. The van der Waals surface area contributed by atoms with Gasteiger partial charge in [0.25, 0.3) is 0 Å². The van der Waals surface area contributed by atoms with Crippen LogP contribution in [-0.4, -0.2) is 29.8 Å². The minimum atomic E-state index is -1.11. The van der Waals surface area contributed by atoms with Crippen molar-refractivity contribution in [2.45, 2.75) is 18.4 Å². The summed E-state index contributed by atoms with van der Waals surface area (Å²) in [4.78, 5) is 24.4. The van der Waals surface area contributed by atoms with Crippen LogP contribution in [0.1, 0.15) is 22.6 Å². The van der Waals surface area contributed by atoms with Gasteiger partial charge in [-0.25, -0.2) is 9.59 Å². The van der Waals surface area contributed by atoms with Crippen LogP contribution in [0.3, 0.4) is 0 Å². The molecule has 1 aliphatic carbocycles. The molecule has 0 aliphatic heterocycles. The summed E-state index contributed by atoms with van der Waals surface area (Å²) in [5.41, 5.74) is 5.31. The van der Waals surface area contributed by atoms with E-state index in [4.69, 9.17) is 4.74 Å². The normalized spacial score (nSPS) is 13.2. The molecule has 1 unspecified atom stereocenters. The Balaban J connectivity index is 1.27. The quantitative estimate of drug-likeness (QED) is 0.323. The van der Waals surface area contributed by atoms with Crippen molar-refractivity contribution in [2.24, 2.45) is 0 Å². The molecule has 0 fully saturated rings. The summed E-state index contributed by atoms with van der Waals surface area (Å²) >= 11 is 3.46. The third-order valence-corrected chi connectivity index (χ3v) is 6.73. The predicted molar refractivity (Wildman–Crippen MR) is 135 cm³/mol. The Morgan fingerprint density at radius 2 is 1.50 bits per heavy atom. The number of nitrogens with one attached hydrogen (secondary N) is 1. The maximum absolute atomic E-state index is 12.6. The number of benzene rings is 4. The predicted octanol–water partition coefficient (Wildman–Crippen LogP) is 6.14. The number of carboxylic acids is 1. The number of carboxylic acid groups (broad SMARTS) is 1. The lowest BCUT2D eigenvalue weighted by Gasteiger charge is -2.18. The highest BCUT2D eigenvalue weighted by atomic mass is 79.9. The van der Waals surface area contributed by atoms with Gasteiger partial charge in [-0.15, -0.1) is 0 Å². The summed E-state index contributed by atoms with van der Waals surface area (Å²) in [6, 6.07) is 26.7. The number of rotatable bonds is 6. The van der Waals surface area contributed by atoms with Crippen LogP contribution in [0.15, 0.2) is 89.4 Å². The van der Waals surface area contributed by atoms with Crippen molar-refractivity contribution in [1.82, 2.24) is 5.32 Å². The van der Waals surface area contributed by atoms with Gasteiger partial charge in [-0.1, -0.05) is 88.7 Å². The van der Waals surface area contributed by atoms with Crippen LogP contribution in [0.4, 0.5) is 4.79 Å². The van der Waals surface area contributed by atoms with Crippen molar-refractivity contribution in [3.63, 3.8) is 0 Å². The third-order valence-electron chi connectivity index (χ3n) is 6.24. The molecule has 1 atom stereocenters. The van der Waals surface area contributed by atoms with E-state index < -0.39 is 18.1 Å². The van der Waals surface area contributed by atoms with Gasteiger partial charge in [0.15, 0.2) is 0 Å². The maximum Gasteiger partial charge on any atom is 0.407 e. The van der Waals surface area contributed by atoms with E-state index in [0.29, 0.717) is 0 Å². The fraction of sp³-hybridized carbons (Fsp3) is 0.143. The zero-order valence-corrected chi connectivity index (χ0v) is 19.8. The SMILES string of the molecule is O=C(NC(Cc1ccc2cc(Br)ccc2c1)C(=O)O)OCC1c2ccccc2-c2ccccc21. The number of hydrogen-bond donors (Lipinski definition) is 2. The summed E-state index contributed by atoms with van der Waals surface area (Å²) in [7, 11) is 0. The number of carbonyl (C=O) groups is 2. The zero-order valence-electron chi connectivity index (χ0n) is 18.2. The Morgan fingerprint density at radius 3 is 2.18 bits per heavy atom. The van der Waals surface area contributed by atoms with Gasteiger partial charge in [0.1, 0.15) is 12.6 Å². The van der Waals surface area contributed by atoms with E-state index in [1.807, 2.05) is 72.8 Å². The molecule has 1 amide bonds. The second-order valence-corrected chi connectivity index (χ2v) is 9.31. The summed E-state index contributed by atoms with van der Waals surface area (Å²) in [5.74, 6) is -1.19. The number of aliphatic carboxylic acids is 1. The van der Waals surface area contributed by atoms with E-state index in [1.54, 1.807) is 0 Å². The minimum Gasteiger partial charge on any atom is -0.480 e. The number of hydrogen-bond acceptors (Lipinski definition) is 3. The number of amides is 1. The Labute approximate surface area is 205 Å².